The summed E-state index contributed by atoms with van der Waals surface area (Å²) in [6.07, 6.45) is 100. The number of hydrogen-bond donors (Lipinski definition) is 0. The first-order valence-corrected chi connectivity index (χ1v) is 34.3. The van der Waals surface area contributed by atoms with Gasteiger partial charge >= 0.3 is 17.9 Å². The minimum absolute atomic E-state index is 0.0975. The molecule has 0 rings (SSSR count). The number of rotatable bonds is 61. The average Bonchev–Trinajstić information content (AvgIpc) is 3.49. The lowest BCUT2D eigenvalue weighted by Crippen LogP contribution is -2.30. The van der Waals surface area contributed by atoms with Crippen molar-refractivity contribution in [1.29, 1.82) is 0 Å². The van der Waals surface area contributed by atoms with Crippen LogP contribution >= 0.6 is 0 Å². The number of allylic oxidation sites excluding steroid dienone is 24. The van der Waals surface area contributed by atoms with Crippen molar-refractivity contribution in [3.05, 3.63) is 146 Å². The largest absolute Gasteiger partial charge is 0.462 e. The number of hydrogen-bond acceptors (Lipinski definition) is 6. The van der Waals surface area contributed by atoms with Gasteiger partial charge in [-0.2, -0.15) is 0 Å². The molecule has 0 radical (unpaired) electrons. The van der Waals surface area contributed by atoms with Crippen LogP contribution in [0.25, 0.3) is 0 Å². The van der Waals surface area contributed by atoms with E-state index in [2.05, 4.69) is 167 Å². The average molecular weight is 1150 g/mol. The Bertz CT molecular complexity index is 1800. The van der Waals surface area contributed by atoms with Gasteiger partial charge in [-0.05, 0) is 141 Å². The van der Waals surface area contributed by atoms with Crippen molar-refractivity contribution in [2.24, 2.45) is 0 Å². The van der Waals surface area contributed by atoms with Crippen LogP contribution in [0.1, 0.15) is 303 Å². The zero-order valence-corrected chi connectivity index (χ0v) is 53.9. The molecule has 1 atom stereocenters. The lowest BCUT2D eigenvalue weighted by Gasteiger charge is -2.18. The van der Waals surface area contributed by atoms with Crippen LogP contribution in [0.2, 0.25) is 0 Å². The monoisotopic (exact) mass is 1150 g/mol. The molecule has 0 aromatic heterocycles. The van der Waals surface area contributed by atoms with E-state index in [9.17, 15) is 14.4 Å². The lowest BCUT2D eigenvalue weighted by atomic mass is 10.0. The summed E-state index contributed by atoms with van der Waals surface area (Å²) in [5.74, 6) is -0.945. The Morgan fingerprint density at radius 1 is 0.253 bits per heavy atom. The molecule has 83 heavy (non-hydrogen) atoms. The summed E-state index contributed by atoms with van der Waals surface area (Å²) in [6, 6.07) is 0. The summed E-state index contributed by atoms with van der Waals surface area (Å²) in [4.78, 5) is 38.4. The second kappa shape index (κ2) is 69.8. The topological polar surface area (TPSA) is 78.9 Å². The van der Waals surface area contributed by atoms with E-state index in [1.807, 2.05) is 0 Å². The minimum atomic E-state index is -0.805. The van der Waals surface area contributed by atoms with E-state index in [4.69, 9.17) is 14.2 Å². The Morgan fingerprint density at radius 3 is 0.759 bits per heavy atom. The van der Waals surface area contributed by atoms with Crippen LogP contribution in [-0.2, 0) is 28.6 Å². The number of esters is 3. The Hall–Kier alpha value is -4.71. The molecule has 470 valence electrons. The van der Waals surface area contributed by atoms with Crippen molar-refractivity contribution in [2.75, 3.05) is 13.2 Å². The van der Waals surface area contributed by atoms with Crippen molar-refractivity contribution in [2.45, 2.75) is 309 Å². The molecule has 6 heteroatoms. The zero-order valence-electron chi connectivity index (χ0n) is 53.9. The molecular formula is C77H126O6. The number of carbonyl (C=O) groups excluding carboxylic acids is 3. The van der Waals surface area contributed by atoms with Gasteiger partial charge in [-0.15, -0.1) is 0 Å². The zero-order chi connectivity index (χ0) is 59.9. The quantitative estimate of drug-likeness (QED) is 0.0261. The first kappa shape index (κ1) is 78.3. The van der Waals surface area contributed by atoms with Crippen molar-refractivity contribution in [3.63, 3.8) is 0 Å². The van der Waals surface area contributed by atoms with Gasteiger partial charge in [0.2, 0.25) is 0 Å². The predicted octanol–water partition coefficient (Wildman–Crippen LogP) is 23.9. The molecule has 0 spiro atoms. The van der Waals surface area contributed by atoms with Gasteiger partial charge in [-0.25, -0.2) is 0 Å². The first-order valence-electron chi connectivity index (χ1n) is 34.3. The second-order valence-corrected chi connectivity index (χ2v) is 22.3. The third-order valence-corrected chi connectivity index (χ3v) is 14.3. The summed E-state index contributed by atoms with van der Waals surface area (Å²) in [6.45, 7) is 6.36. The van der Waals surface area contributed by atoms with E-state index in [1.54, 1.807) is 0 Å². The van der Waals surface area contributed by atoms with Gasteiger partial charge in [-0.3, -0.25) is 14.4 Å². The third kappa shape index (κ3) is 68.0. The van der Waals surface area contributed by atoms with E-state index < -0.39 is 6.10 Å². The van der Waals surface area contributed by atoms with Crippen LogP contribution in [0.15, 0.2) is 146 Å². The van der Waals surface area contributed by atoms with Crippen molar-refractivity contribution >= 4 is 17.9 Å². The van der Waals surface area contributed by atoms with Crippen molar-refractivity contribution in [1.82, 2.24) is 0 Å². The Morgan fingerprint density at radius 2 is 0.470 bits per heavy atom. The molecule has 0 saturated heterocycles. The van der Waals surface area contributed by atoms with Gasteiger partial charge in [0.25, 0.3) is 0 Å². The van der Waals surface area contributed by atoms with Crippen LogP contribution in [0.4, 0.5) is 0 Å². The molecule has 0 aliphatic carbocycles. The van der Waals surface area contributed by atoms with Gasteiger partial charge in [0.1, 0.15) is 13.2 Å². The normalized spacial score (nSPS) is 13.0. The predicted molar refractivity (Wildman–Crippen MR) is 362 cm³/mol. The van der Waals surface area contributed by atoms with Crippen LogP contribution in [-0.4, -0.2) is 37.2 Å². The molecule has 0 aromatic carbocycles. The maximum absolute atomic E-state index is 12.9. The Labute approximate surface area is 512 Å². The van der Waals surface area contributed by atoms with E-state index in [0.717, 1.165) is 135 Å². The van der Waals surface area contributed by atoms with Crippen LogP contribution < -0.4 is 0 Å². The molecular weight excluding hydrogens is 1020 g/mol. The van der Waals surface area contributed by atoms with E-state index >= 15 is 0 Å². The Balaban J connectivity index is 4.28. The van der Waals surface area contributed by atoms with E-state index in [1.165, 1.54) is 128 Å². The van der Waals surface area contributed by atoms with Gasteiger partial charge in [0.05, 0.1) is 0 Å². The fourth-order valence-corrected chi connectivity index (χ4v) is 9.23. The summed E-state index contributed by atoms with van der Waals surface area (Å²) in [5, 5.41) is 0. The summed E-state index contributed by atoms with van der Waals surface area (Å²) in [7, 11) is 0. The molecule has 0 N–H and O–H groups in total. The Kier molecular flexibility index (Phi) is 65.8. The molecule has 0 heterocycles. The third-order valence-electron chi connectivity index (χ3n) is 14.3. The lowest BCUT2D eigenvalue weighted by molar-refractivity contribution is -0.167. The molecule has 0 aliphatic heterocycles. The van der Waals surface area contributed by atoms with Gasteiger partial charge < -0.3 is 14.2 Å². The van der Waals surface area contributed by atoms with Crippen LogP contribution in [0.3, 0.4) is 0 Å². The smallest absolute Gasteiger partial charge is 0.306 e. The summed E-state index contributed by atoms with van der Waals surface area (Å²) in [5.41, 5.74) is 0. The second-order valence-electron chi connectivity index (χ2n) is 22.3. The molecule has 0 aromatic rings. The molecule has 0 fully saturated rings. The van der Waals surface area contributed by atoms with E-state index in [0.29, 0.717) is 19.3 Å². The first-order chi connectivity index (χ1) is 41.0. The highest BCUT2D eigenvalue weighted by molar-refractivity contribution is 5.71. The minimum Gasteiger partial charge on any atom is -0.462 e. The molecule has 0 amide bonds. The molecule has 0 saturated carbocycles. The highest BCUT2D eigenvalue weighted by Crippen LogP contribution is 2.16. The molecule has 0 bridgehead atoms. The summed E-state index contributed by atoms with van der Waals surface area (Å²) < 4.78 is 16.9. The highest BCUT2D eigenvalue weighted by atomic mass is 16.6. The van der Waals surface area contributed by atoms with Gasteiger partial charge in [0.15, 0.2) is 6.10 Å². The number of unbranched alkanes of at least 4 members (excludes halogenated alkanes) is 26. The molecule has 0 aliphatic rings. The number of ether oxygens (including phenoxy) is 3. The highest BCUT2D eigenvalue weighted by Gasteiger charge is 2.19. The van der Waals surface area contributed by atoms with Crippen LogP contribution in [0, 0.1) is 0 Å². The van der Waals surface area contributed by atoms with Crippen LogP contribution in [0.5, 0.6) is 0 Å². The van der Waals surface area contributed by atoms with Crippen molar-refractivity contribution in [3.8, 4) is 0 Å². The maximum Gasteiger partial charge on any atom is 0.306 e. The van der Waals surface area contributed by atoms with Gasteiger partial charge in [-0.1, -0.05) is 289 Å². The SMILES string of the molecule is CC/C=C\C/C=C\C/C=C\C/C=C\C/C=C\C/C=C\CCCCCCCCCCCCCCCCC(=O)OCC(COC(=O)CCCC/C=C\C/C=C\C/C=C\C/C=C\CC)OC(=O)CCCCCCCCC/C=C\C/C=C\CCCCC. The fourth-order valence-electron chi connectivity index (χ4n) is 9.23. The molecule has 6 nitrogen and oxygen atoms in total. The standard InChI is InChI=1S/C77H126O6/c1-4-7-10-13-16-19-22-25-28-30-31-32-33-34-35-36-37-38-39-40-41-42-43-44-45-47-49-52-55-58-61-64-67-70-76(79)82-73-74(72-81-75(78)69-66-63-60-57-54-51-48-27-24-21-18-15-12-9-6-3)83-77(80)71-68-65-62-59-56-53-50-46-29-26-23-20-17-14-11-8-5-2/h7,9-10,12,16-21,25-29,31-32,34-35,37-38,48,54,57,74H,4-6,8,11,13-15,22-24,30,33,36,39-47,49-53,55-56,58-73H2,1-3H3/b10-7-,12-9-,19-16-,20-17-,21-18-,28-25-,29-26-,32-31-,35-34-,38-37-,48-27-,57-54-. The van der Waals surface area contributed by atoms with E-state index in [-0.39, 0.29) is 31.1 Å². The van der Waals surface area contributed by atoms with Crippen molar-refractivity contribution < 1.29 is 28.6 Å². The molecule has 1 unspecified atom stereocenters. The number of carbonyl (C=O) groups is 3. The van der Waals surface area contributed by atoms with Gasteiger partial charge in [0, 0.05) is 19.3 Å². The fraction of sp³-hybridized carbons (Fsp3) is 0.649. The maximum atomic E-state index is 12.9. The summed E-state index contributed by atoms with van der Waals surface area (Å²) >= 11 is 0.